The van der Waals surface area contributed by atoms with Gasteiger partial charge in [-0.15, -0.1) is 11.3 Å². The van der Waals surface area contributed by atoms with E-state index in [1.807, 2.05) is 0 Å². The lowest BCUT2D eigenvalue weighted by Crippen LogP contribution is -2.15. The zero-order valence-corrected chi connectivity index (χ0v) is 15.1. The highest BCUT2D eigenvalue weighted by atomic mass is 35.5. The Morgan fingerprint density at radius 1 is 1.42 bits per heavy atom. The predicted octanol–water partition coefficient (Wildman–Crippen LogP) is 3.11. The molecule has 2 heterocycles. The van der Waals surface area contributed by atoms with Crippen LogP contribution >= 0.6 is 22.9 Å². The third-order valence-corrected chi connectivity index (χ3v) is 5.47. The number of carboxylic acids is 1. The van der Waals surface area contributed by atoms with Crippen molar-refractivity contribution in [2.24, 2.45) is 5.73 Å². The van der Waals surface area contributed by atoms with Gasteiger partial charge in [-0.3, -0.25) is 4.79 Å². The fraction of sp³-hybridized carbons (Fsp3) is 0.235. The second kappa shape index (κ2) is 7.53. The van der Waals surface area contributed by atoms with Crippen molar-refractivity contribution >= 4 is 39.1 Å². The highest BCUT2D eigenvalue weighted by Crippen LogP contribution is 2.34. The third-order valence-electron chi connectivity index (χ3n) is 4.00. The third kappa shape index (κ3) is 3.62. The number of hydrogen-bond acceptors (Lipinski definition) is 5. The molecule has 0 fully saturated rings. The van der Waals surface area contributed by atoms with Gasteiger partial charge in [-0.05, 0) is 42.5 Å². The molecule has 6 nitrogen and oxygen atoms in total. The average Bonchev–Trinajstić information content (AvgIpc) is 3.18. The number of fused-ring (bicyclic) bond motifs is 3. The Bertz CT molecular complexity index is 1050. The highest BCUT2D eigenvalue weighted by molar-refractivity contribution is 7.18. The van der Waals surface area contributed by atoms with E-state index < -0.39 is 11.8 Å². The molecule has 0 saturated carbocycles. The maximum atomic E-state index is 12.5. The molecule has 0 radical (unpaired) electrons. The van der Waals surface area contributed by atoms with Gasteiger partial charge in [0.25, 0.3) is 5.56 Å². The van der Waals surface area contributed by atoms with Crippen LogP contribution in [0.5, 0.6) is 0 Å². The lowest BCUT2D eigenvalue weighted by Gasteiger charge is -1.96. The number of hydrogen-bond donors (Lipinski definition) is 3. The maximum Gasteiger partial charge on any atom is 0.372 e. The first-order chi connectivity index (χ1) is 12.4. The fourth-order valence-electron chi connectivity index (χ4n) is 2.77. The summed E-state index contributed by atoms with van der Waals surface area (Å²) in [5, 5.41) is 9.50. The first kappa shape index (κ1) is 18.5. The van der Waals surface area contributed by atoms with Crippen LogP contribution in [0.1, 0.15) is 33.0 Å². The van der Waals surface area contributed by atoms with Crippen molar-refractivity contribution in [1.29, 1.82) is 0 Å². The summed E-state index contributed by atoms with van der Waals surface area (Å²) in [6.07, 6.45) is 2.93. The number of halogens is 2. The van der Waals surface area contributed by atoms with E-state index in [9.17, 15) is 14.0 Å². The van der Waals surface area contributed by atoms with Crippen molar-refractivity contribution in [3.63, 3.8) is 0 Å². The van der Waals surface area contributed by atoms with Crippen LogP contribution in [-0.2, 0) is 19.4 Å². The number of carboxylic acid groups (broad SMARTS) is 1. The van der Waals surface area contributed by atoms with Gasteiger partial charge >= 0.3 is 5.97 Å². The fourth-order valence-corrected chi connectivity index (χ4v) is 4.24. The van der Waals surface area contributed by atoms with E-state index >= 15 is 0 Å². The standard InChI is InChI=1S/C10H8N2O3S.C7H7ClFN/c13-8-6-4-2-1-3-5(4)16-9(6)12-7(11-8)10(14)15;8-6-3-5(4-10)1-2-7(6)9/h1-3H2,(H,14,15)(H,11,12,13);1-3H,4,10H2. The van der Waals surface area contributed by atoms with Crippen LogP contribution in [0.3, 0.4) is 0 Å². The van der Waals surface area contributed by atoms with Crippen molar-refractivity contribution in [2.75, 3.05) is 0 Å². The number of aryl methyl sites for hydroxylation is 2. The Hall–Kier alpha value is -2.29. The maximum absolute atomic E-state index is 12.5. The number of aromatic carboxylic acids is 1. The van der Waals surface area contributed by atoms with Crippen molar-refractivity contribution in [3.05, 3.63) is 61.2 Å². The van der Waals surface area contributed by atoms with E-state index in [2.05, 4.69) is 9.97 Å². The Kier molecular flexibility index (Phi) is 5.36. The number of H-pyrrole nitrogens is 1. The van der Waals surface area contributed by atoms with Crippen LogP contribution in [-0.4, -0.2) is 21.0 Å². The zero-order valence-electron chi connectivity index (χ0n) is 13.5. The number of carbonyl (C=O) groups is 1. The smallest absolute Gasteiger partial charge is 0.372 e. The molecule has 0 bridgehead atoms. The topological polar surface area (TPSA) is 109 Å². The second-order valence-electron chi connectivity index (χ2n) is 5.71. The summed E-state index contributed by atoms with van der Waals surface area (Å²) in [5.41, 5.74) is 6.86. The molecule has 2 aromatic heterocycles. The summed E-state index contributed by atoms with van der Waals surface area (Å²) in [7, 11) is 0. The van der Waals surface area contributed by atoms with Gasteiger partial charge in [-0.25, -0.2) is 14.2 Å². The Balaban J connectivity index is 0.000000170. The predicted molar refractivity (Wildman–Crippen MR) is 98.5 cm³/mol. The zero-order chi connectivity index (χ0) is 18.8. The molecule has 0 spiro atoms. The monoisotopic (exact) mass is 395 g/mol. The summed E-state index contributed by atoms with van der Waals surface area (Å²) in [4.78, 5) is 30.5. The summed E-state index contributed by atoms with van der Waals surface area (Å²) >= 11 is 6.90. The summed E-state index contributed by atoms with van der Waals surface area (Å²) in [6.45, 7) is 0.389. The highest BCUT2D eigenvalue weighted by Gasteiger charge is 2.22. The molecule has 0 unspecified atom stereocenters. The van der Waals surface area contributed by atoms with Crippen molar-refractivity contribution in [3.8, 4) is 0 Å². The van der Waals surface area contributed by atoms with Crippen molar-refractivity contribution in [2.45, 2.75) is 25.8 Å². The van der Waals surface area contributed by atoms with Crippen LogP contribution in [0.4, 0.5) is 4.39 Å². The van der Waals surface area contributed by atoms with Gasteiger partial charge in [-0.2, -0.15) is 0 Å². The Morgan fingerprint density at radius 3 is 2.85 bits per heavy atom. The van der Waals surface area contributed by atoms with Gasteiger partial charge in [0.1, 0.15) is 10.6 Å². The van der Waals surface area contributed by atoms with Crippen LogP contribution < -0.4 is 11.3 Å². The van der Waals surface area contributed by atoms with Crippen LogP contribution in [0, 0.1) is 5.82 Å². The molecule has 0 amide bonds. The summed E-state index contributed by atoms with van der Waals surface area (Å²) in [6, 6.07) is 4.45. The molecule has 3 aromatic rings. The molecule has 1 aliphatic rings. The van der Waals surface area contributed by atoms with Gasteiger partial charge in [-0.1, -0.05) is 17.7 Å². The molecule has 9 heteroatoms. The summed E-state index contributed by atoms with van der Waals surface area (Å²) in [5.74, 6) is -1.89. The van der Waals surface area contributed by atoms with Crippen molar-refractivity contribution in [1.82, 2.24) is 9.97 Å². The van der Waals surface area contributed by atoms with E-state index in [4.69, 9.17) is 22.4 Å². The van der Waals surface area contributed by atoms with Crippen LogP contribution in [0.25, 0.3) is 10.2 Å². The minimum absolute atomic E-state index is 0.128. The minimum Gasteiger partial charge on any atom is -0.475 e. The number of benzene rings is 1. The van der Waals surface area contributed by atoms with E-state index in [0.29, 0.717) is 16.8 Å². The van der Waals surface area contributed by atoms with Gasteiger partial charge in [0.15, 0.2) is 0 Å². The molecule has 136 valence electrons. The van der Waals surface area contributed by atoms with Gasteiger partial charge in [0, 0.05) is 11.4 Å². The number of nitrogens with one attached hydrogen (secondary N) is 1. The number of thiophene rings is 1. The number of nitrogens with two attached hydrogens (primary N) is 1. The Morgan fingerprint density at radius 2 is 2.19 bits per heavy atom. The molecular formula is C17H15ClFN3O3S. The molecule has 0 aliphatic heterocycles. The van der Waals surface area contributed by atoms with Crippen molar-refractivity contribution < 1.29 is 14.3 Å². The van der Waals surface area contributed by atoms with Gasteiger partial charge in [0.05, 0.1) is 10.4 Å². The lowest BCUT2D eigenvalue weighted by molar-refractivity contribution is 0.0683. The number of nitrogens with zero attached hydrogens (tertiary/aromatic N) is 1. The van der Waals surface area contributed by atoms with Gasteiger partial charge < -0.3 is 15.8 Å². The lowest BCUT2D eigenvalue weighted by atomic mass is 10.2. The summed E-state index contributed by atoms with van der Waals surface area (Å²) < 4.78 is 12.5. The SMILES string of the molecule is NCc1ccc(F)c(Cl)c1.O=C(O)c1nc2sc3c(c2c(=O)[nH]1)CCC3. The largest absolute Gasteiger partial charge is 0.475 e. The van der Waals surface area contributed by atoms with Crippen LogP contribution in [0.2, 0.25) is 5.02 Å². The first-order valence-corrected chi connectivity index (χ1v) is 9.02. The number of aromatic nitrogens is 2. The molecular weight excluding hydrogens is 381 g/mol. The molecule has 4 rings (SSSR count). The number of aromatic amines is 1. The molecule has 1 aromatic carbocycles. The van der Waals surface area contributed by atoms with E-state index in [0.717, 1.165) is 30.4 Å². The normalized spacial score (nSPS) is 12.6. The first-order valence-electron chi connectivity index (χ1n) is 7.82. The molecule has 0 atom stereocenters. The molecule has 4 N–H and O–H groups in total. The second-order valence-corrected chi connectivity index (χ2v) is 7.20. The van der Waals surface area contributed by atoms with Gasteiger partial charge in [0.2, 0.25) is 5.82 Å². The minimum atomic E-state index is -1.20. The molecule has 0 saturated heterocycles. The average molecular weight is 396 g/mol. The quantitative estimate of drug-likeness (QED) is 0.617. The number of rotatable bonds is 2. The van der Waals surface area contributed by atoms with E-state index in [-0.39, 0.29) is 16.4 Å². The van der Waals surface area contributed by atoms with Crippen LogP contribution in [0.15, 0.2) is 23.0 Å². The molecule has 1 aliphatic carbocycles. The Labute approximate surface area is 156 Å². The van der Waals surface area contributed by atoms with E-state index in [1.165, 1.54) is 28.3 Å². The molecule has 26 heavy (non-hydrogen) atoms. The van der Waals surface area contributed by atoms with E-state index in [1.54, 1.807) is 6.07 Å².